The van der Waals surface area contributed by atoms with E-state index in [-0.39, 0.29) is 0 Å². The smallest absolute Gasteiger partial charge is 0.100 e. The molecule has 0 saturated carbocycles. The van der Waals surface area contributed by atoms with Gasteiger partial charge < -0.3 is 0 Å². The highest BCUT2D eigenvalue weighted by atomic mass is 32.1. The number of aryl methyl sites for hydroxylation is 2. The minimum atomic E-state index is 0.982. The molecule has 0 unspecified atom stereocenters. The quantitative estimate of drug-likeness (QED) is 0.630. The van der Waals surface area contributed by atoms with Crippen LogP contribution >= 0.6 is 11.3 Å². The Kier molecular flexibility index (Phi) is 2.79. The number of hydrogen-bond donors (Lipinski definition) is 0. The maximum absolute atomic E-state index is 4.33. The van der Waals surface area contributed by atoms with E-state index in [1.165, 1.54) is 0 Å². The summed E-state index contributed by atoms with van der Waals surface area (Å²) in [4.78, 5) is 9.32. The standard InChI is InChI=1S/C12H10N2S/c1-9-12(15-10(2)14-9)4-3-11-5-7-13-8-6-11/h5-8H,1-2H3. The minimum absolute atomic E-state index is 0.982. The Morgan fingerprint density at radius 3 is 2.47 bits per heavy atom. The van der Waals surface area contributed by atoms with Crippen LogP contribution in [0.3, 0.4) is 0 Å². The molecule has 0 bridgehead atoms. The van der Waals surface area contributed by atoms with Gasteiger partial charge in [0.1, 0.15) is 4.88 Å². The second-order valence-electron chi connectivity index (χ2n) is 3.13. The number of pyridine rings is 1. The topological polar surface area (TPSA) is 25.8 Å². The third-order valence-electron chi connectivity index (χ3n) is 1.90. The zero-order valence-corrected chi connectivity index (χ0v) is 9.43. The van der Waals surface area contributed by atoms with Crippen molar-refractivity contribution < 1.29 is 0 Å². The zero-order valence-electron chi connectivity index (χ0n) is 8.61. The largest absolute Gasteiger partial charge is 0.265 e. The van der Waals surface area contributed by atoms with Crippen molar-refractivity contribution in [2.45, 2.75) is 13.8 Å². The molecule has 0 fully saturated rings. The Hall–Kier alpha value is -1.66. The molecule has 0 aromatic carbocycles. The molecule has 2 aromatic rings. The van der Waals surface area contributed by atoms with Gasteiger partial charge in [-0.15, -0.1) is 11.3 Å². The van der Waals surface area contributed by atoms with E-state index in [0.717, 1.165) is 21.1 Å². The van der Waals surface area contributed by atoms with Crippen LogP contribution in [-0.4, -0.2) is 9.97 Å². The van der Waals surface area contributed by atoms with Gasteiger partial charge in [-0.3, -0.25) is 4.98 Å². The fourth-order valence-corrected chi connectivity index (χ4v) is 1.98. The van der Waals surface area contributed by atoms with E-state index in [4.69, 9.17) is 0 Å². The highest BCUT2D eigenvalue weighted by molar-refractivity contribution is 7.12. The van der Waals surface area contributed by atoms with Crippen molar-refractivity contribution in [1.29, 1.82) is 0 Å². The number of nitrogens with zero attached hydrogens (tertiary/aromatic N) is 2. The van der Waals surface area contributed by atoms with Crippen molar-refractivity contribution in [3.05, 3.63) is 45.7 Å². The second kappa shape index (κ2) is 4.24. The van der Waals surface area contributed by atoms with Crippen LogP contribution in [0.15, 0.2) is 24.5 Å². The molecule has 0 amide bonds. The highest BCUT2D eigenvalue weighted by Gasteiger charge is 2.00. The van der Waals surface area contributed by atoms with Crippen LogP contribution in [0.25, 0.3) is 0 Å². The zero-order chi connectivity index (χ0) is 10.7. The molecule has 2 nitrogen and oxygen atoms in total. The van der Waals surface area contributed by atoms with E-state index in [2.05, 4.69) is 21.8 Å². The summed E-state index contributed by atoms with van der Waals surface area (Å²) in [6.45, 7) is 3.98. The Morgan fingerprint density at radius 2 is 1.87 bits per heavy atom. The van der Waals surface area contributed by atoms with Gasteiger partial charge in [0.15, 0.2) is 0 Å². The van der Waals surface area contributed by atoms with Gasteiger partial charge in [-0.05, 0) is 31.9 Å². The van der Waals surface area contributed by atoms with Crippen molar-refractivity contribution in [1.82, 2.24) is 9.97 Å². The molecule has 15 heavy (non-hydrogen) atoms. The maximum Gasteiger partial charge on any atom is 0.100 e. The molecule has 2 heterocycles. The number of hydrogen-bond acceptors (Lipinski definition) is 3. The van der Waals surface area contributed by atoms with Crippen molar-refractivity contribution in [3.63, 3.8) is 0 Å². The average Bonchev–Trinajstić information content (AvgIpc) is 2.56. The summed E-state index contributed by atoms with van der Waals surface area (Å²) in [6, 6.07) is 3.80. The summed E-state index contributed by atoms with van der Waals surface area (Å²) in [5.41, 5.74) is 1.99. The first kappa shape index (κ1) is 9.88. The monoisotopic (exact) mass is 214 g/mol. The Balaban J connectivity index is 2.30. The van der Waals surface area contributed by atoms with Crippen molar-refractivity contribution in [3.8, 4) is 11.8 Å². The molecule has 74 valence electrons. The lowest BCUT2D eigenvalue weighted by atomic mass is 10.2. The van der Waals surface area contributed by atoms with Gasteiger partial charge >= 0.3 is 0 Å². The molecule has 0 radical (unpaired) electrons. The third kappa shape index (κ3) is 2.42. The van der Waals surface area contributed by atoms with E-state index < -0.39 is 0 Å². The fraction of sp³-hybridized carbons (Fsp3) is 0.167. The van der Waals surface area contributed by atoms with E-state index in [1.54, 1.807) is 23.7 Å². The summed E-state index contributed by atoms with van der Waals surface area (Å²) in [7, 11) is 0. The predicted octanol–water partition coefficient (Wildman–Crippen LogP) is 2.55. The van der Waals surface area contributed by atoms with Crippen molar-refractivity contribution in [2.75, 3.05) is 0 Å². The number of aromatic nitrogens is 2. The summed E-state index contributed by atoms with van der Waals surface area (Å²) < 4.78 is 0. The molecule has 0 aliphatic heterocycles. The van der Waals surface area contributed by atoms with Crippen LogP contribution in [0.1, 0.15) is 21.1 Å². The molecule has 0 aliphatic rings. The predicted molar refractivity (Wildman–Crippen MR) is 61.8 cm³/mol. The molecular weight excluding hydrogens is 204 g/mol. The Labute approximate surface area is 93.0 Å². The van der Waals surface area contributed by atoms with Crippen LogP contribution < -0.4 is 0 Å². The van der Waals surface area contributed by atoms with E-state index >= 15 is 0 Å². The second-order valence-corrected chi connectivity index (χ2v) is 4.34. The molecule has 3 heteroatoms. The summed E-state index contributed by atoms with van der Waals surface area (Å²) in [5.74, 6) is 6.22. The first-order valence-electron chi connectivity index (χ1n) is 4.62. The fourth-order valence-electron chi connectivity index (χ4n) is 1.21. The van der Waals surface area contributed by atoms with Crippen LogP contribution in [0.2, 0.25) is 0 Å². The van der Waals surface area contributed by atoms with Gasteiger partial charge in [0.25, 0.3) is 0 Å². The number of rotatable bonds is 0. The molecule has 0 N–H and O–H groups in total. The van der Waals surface area contributed by atoms with Crippen molar-refractivity contribution in [2.24, 2.45) is 0 Å². The van der Waals surface area contributed by atoms with Crippen LogP contribution in [-0.2, 0) is 0 Å². The van der Waals surface area contributed by atoms with Crippen LogP contribution in [0.4, 0.5) is 0 Å². The molecule has 0 saturated heterocycles. The minimum Gasteiger partial charge on any atom is -0.265 e. The Morgan fingerprint density at radius 1 is 1.13 bits per heavy atom. The lowest BCUT2D eigenvalue weighted by Gasteiger charge is -1.86. The Bertz CT molecular complexity index is 518. The first-order valence-corrected chi connectivity index (χ1v) is 5.43. The SMILES string of the molecule is Cc1nc(C)c(C#Cc2ccncc2)s1. The maximum atomic E-state index is 4.33. The average molecular weight is 214 g/mol. The molecule has 0 aliphatic carbocycles. The number of thiazole rings is 1. The highest BCUT2D eigenvalue weighted by Crippen LogP contribution is 2.15. The molecular formula is C12H10N2S. The molecule has 0 spiro atoms. The molecule has 2 rings (SSSR count). The van der Waals surface area contributed by atoms with Gasteiger partial charge in [0.2, 0.25) is 0 Å². The lowest BCUT2D eigenvalue weighted by molar-refractivity contribution is 1.19. The van der Waals surface area contributed by atoms with Gasteiger partial charge in [0.05, 0.1) is 10.7 Å². The molecule has 2 aromatic heterocycles. The van der Waals surface area contributed by atoms with Crippen LogP contribution in [0, 0.1) is 25.7 Å². The van der Waals surface area contributed by atoms with Gasteiger partial charge in [0, 0.05) is 18.0 Å². The third-order valence-corrected chi connectivity index (χ3v) is 2.89. The van der Waals surface area contributed by atoms with Gasteiger partial charge in [-0.1, -0.05) is 5.92 Å². The first-order chi connectivity index (χ1) is 7.25. The van der Waals surface area contributed by atoms with E-state index in [9.17, 15) is 0 Å². The normalized spacial score (nSPS) is 9.47. The van der Waals surface area contributed by atoms with Crippen molar-refractivity contribution >= 4 is 11.3 Å². The van der Waals surface area contributed by atoms with E-state index in [1.807, 2.05) is 26.0 Å². The summed E-state index contributed by atoms with van der Waals surface area (Å²) >= 11 is 1.63. The lowest BCUT2D eigenvalue weighted by Crippen LogP contribution is -1.77. The summed E-state index contributed by atoms with van der Waals surface area (Å²) in [6.07, 6.45) is 3.49. The van der Waals surface area contributed by atoms with Gasteiger partial charge in [-0.2, -0.15) is 0 Å². The van der Waals surface area contributed by atoms with Gasteiger partial charge in [-0.25, -0.2) is 4.98 Å². The molecule has 0 atom stereocenters. The van der Waals surface area contributed by atoms with E-state index in [0.29, 0.717) is 0 Å². The van der Waals surface area contributed by atoms with Crippen LogP contribution in [0.5, 0.6) is 0 Å². The summed E-state index contributed by atoms with van der Waals surface area (Å²) in [5, 5.41) is 1.06.